The molecule has 0 amide bonds. The van der Waals surface area contributed by atoms with E-state index >= 15 is 0 Å². The molecule has 84 valence electrons. The Kier molecular flexibility index (Phi) is 5.01. The number of hydrogen-bond acceptors (Lipinski definition) is 5. The van der Waals surface area contributed by atoms with Crippen molar-refractivity contribution in [1.29, 1.82) is 0 Å². The van der Waals surface area contributed by atoms with E-state index in [1.54, 1.807) is 0 Å². The van der Waals surface area contributed by atoms with Crippen molar-refractivity contribution >= 4 is 29.2 Å². The topological polar surface area (TPSA) is 53.9 Å². The molecule has 7 heteroatoms. The van der Waals surface area contributed by atoms with Crippen LogP contribution < -0.4 is 5.32 Å². The molecule has 0 aliphatic rings. The third kappa shape index (κ3) is 4.59. The van der Waals surface area contributed by atoms with Crippen molar-refractivity contribution in [3.8, 4) is 0 Å². The second-order valence-corrected chi connectivity index (χ2v) is 3.70. The van der Waals surface area contributed by atoms with Gasteiger partial charge in [0.25, 0.3) is 0 Å². The molecular weight excluding hydrogens is 237 g/mol. The second kappa shape index (κ2) is 6.05. The fraction of sp³-hybridized carbons (Fsp3) is 0.625. The Morgan fingerprint density at radius 1 is 1.20 bits per heavy atom. The van der Waals surface area contributed by atoms with Crippen molar-refractivity contribution in [1.82, 2.24) is 19.9 Å². The molecule has 0 aliphatic carbocycles. The molecular formula is C8H13Cl2N5. The standard InChI is InChI=1S/C8H13Cl2N5/c1-3-15(2)5-4-11-8-13-6(9)12-7(10)14-8/h3-5H2,1-2H3,(H,11,12,13,14). The largest absolute Gasteiger partial charge is 0.353 e. The van der Waals surface area contributed by atoms with Crippen molar-refractivity contribution in [3.63, 3.8) is 0 Å². The highest BCUT2D eigenvalue weighted by Gasteiger charge is 2.02. The Balaban J connectivity index is 2.43. The van der Waals surface area contributed by atoms with Crippen molar-refractivity contribution < 1.29 is 0 Å². The summed E-state index contributed by atoms with van der Waals surface area (Å²) in [6.07, 6.45) is 0. The molecule has 0 aliphatic heterocycles. The molecule has 0 bridgehead atoms. The van der Waals surface area contributed by atoms with Gasteiger partial charge in [0.05, 0.1) is 0 Å². The van der Waals surface area contributed by atoms with E-state index in [0.717, 1.165) is 19.6 Å². The highest BCUT2D eigenvalue weighted by molar-refractivity contribution is 6.31. The van der Waals surface area contributed by atoms with Gasteiger partial charge in [0.1, 0.15) is 0 Å². The molecule has 15 heavy (non-hydrogen) atoms. The van der Waals surface area contributed by atoms with E-state index < -0.39 is 0 Å². The summed E-state index contributed by atoms with van der Waals surface area (Å²) in [5.41, 5.74) is 0. The smallest absolute Gasteiger partial charge is 0.228 e. The Hall–Kier alpha value is -0.650. The van der Waals surface area contributed by atoms with Crippen LogP contribution in [0, 0.1) is 0 Å². The highest BCUT2D eigenvalue weighted by atomic mass is 35.5. The van der Waals surface area contributed by atoms with Gasteiger partial charge in [0.2, 0.25) is 16.5 Å². The molecule has 1 heterocycles. The van der Waals surface area contributed by atoms with Crippen LogP contribution in [0.2, 0.25) is 10.6 Å². The maximum atomic E-state index is 5.62. The Bertz CT molecular complexity index is 300. The van der Waals surface area contributed by atoms with Gasteiger partial charge in [-0.3, -0.25) is 0 Å². The average molecular weight is 250 g/mol. The predicted molar refractivity (Wildman–Crippen MR) is 61.5 cm³/mol. The lowest BCUT2D eigenvalue weighted by Gasteiger charge is -2.13. The van der Waals surface area contributed by atoms with Crippen LogP contribution >= 0.6 is 23.2 Å². The van der Waals surface area contributed by atoms with E-state index in [-0.39, 0.29) is 10.6 Å². The first-order chi connectivity index (χ1) is 7.11. The number of likely N-dealkylation sites (N-methyl/N-ethyl adjacent to an activating group) is 1. The minimum absolute atomic E-state index is 0.0985. The van der Waals surface area contributed by atoms with Crippen LogP contribution in [0.1, 0.15) is 6.92 Å². The van der Waals surface area contributed by atoms with E-state index in [1.165, 1.54) is 0 Å². The quantitative estimate of drug-likeness (QED) is 0.859. The first-order valence-electron chi connectivity index (χ1n) is 4.61. The molecule has 5 nitrogen and oxygen atoms in total. The summed E-state index contributed by atoms with van der Waals surface area (Å²) in [5, 5.41) is 3.22. The molecule has 1 rings (SSSR count). The number of nitrogens with one attached hydrogen (secondary N) is 1. The first kappa shape index (κ1) is 12.4. The number of hydrogen-bond donors (Lipinski definition) is 1. The van der Waals surface area contributed by atoms with Crippen molar-refractivity contribution in [3.05, 3.63) is 10.6 Å². The molecule has 1 aromatic rings. The fourth-order valence-corrected chi connectivity index (χ4v) is 1.29. The minimum atomic E-state index is 0.0985. The number of halogens is 2. The molecule has 0 saturated heterocycles. The van der Waals surface area contributed by atoms with Gasteiger partial charge in [-0.2, -0.15) is 15.0 Å². The summed E-state index contributed by atoms with van der Waals surface area (Å²) >= 11 is 11.2. The van der Waals surface area contributed by atoms with Crippen LogP contribution in [-0.4, -0.2) is 46.5 Å². The van der Waals surface area contributed by atoms with Gasteiger partial charge in [0.15, 0.2) is 0 Å². The summed E-state index contributed by atoms with van der Waals surface area (Å²) in [7, 11) is 2.04. The van der Waals surface area contributed by atoms with E-state index in [0.29, 0.717) is 5.95 Å². The van der Waals surface area contributed by atoms with Gasteiger partial charge >= 0.3 is 0 Å². The molecule has 0 spiro atoms. The lowest BCUT2D eigenvalue weighted by atomic mass is 10.5. The molecule has 1 aromatic heterocycles. The molecule has 0 atom stereocenters. The van der Waals surface area contributed by atoms with Gasteiger partial charge in [-0.05, 0) is 36.8 Å². The SMILES string of the molecule is CCN(C)CCNc1nc(Cl)nc(Cl)n1. The summed E-state index contributed by atoms with van der Waals surface area (Å²) in [6, 6.07) is 0. The lowest BCUT2D eigenvalue weighted by molar-refractivity contribution is 0.367. The Morgan fingerprint density at radius 2 is 1.80 bits per heavy atom. The fourth-order valence-electron chi connectivity index (χ4n) is 0.922. The second-order valence-electron chi connectivity index (χ2n) is 3.02. The minimum Gasteiger partial charge on any atom is -0.353 e. The molecule has 1 N–H and O–H groups in total. The number of aromatic nitrogens is 3. The van der Waals surface area contributed by atoms with Gasteiger partial charge in [-0.15, -0.1) is 0 Å². The van der Waals surface area contributed by atoms with Crippen LogP contribution in [0.25, 0.3) is 0 Å². The monoisotopic (exact) mass is 249 g/mol. The Morgan fingerprint density at radius 3 is 2.33 bits per heavy atom. The van der Waals surface area contributed by atoms with Crippen LogP contribution in [0.4, 0.5) is 5.95 Å². The summed E-state index contributed by atoms with van der Waals surface area (Å²) in [5.74, 6) is 0.407. The predicted octanol–water partition coefficient (Wildman–Crippen LogP) is 1.54. The van der Waals surface area contributed by atoms with E-state index in [1.807, 2.05) is 7.05 Å². The van der Waals surface area contributed by atoms with Gasteiger partial charge in [0, 0.05) is 13.1 Å². The van der Waals surface area contributed by atoms with Crippen LogP contribution in [-0.2, 0) is 0 Å². The number of nitrogens with zero attached hydrogens (tertiary/aromatic N) is 4. The summed E-state index contributed by atoms with van der Waals surface area (Å²) < 4.78 is 0. The normalized spacial score (nSPS) is 10.7. The number of anilines is 1. The van der Waals surface area contributed by atoms with Crippen molar-refractivity contribution in [2.45, 2.75) is 6.92 Å². The lowest BCUT2D eigenvalue weighted by Crippen LogP contribution is -2.25. The molecule has 0 fully saturated rings. The summed E-state index contributed by atoms with van der Waals surface area (Å²) in [6.45, 7) is 4.73. The third-order valence-corrected chi connectivity index (χ3v) is 2.24. The molecule has 0 radical (unpaired) electrons. The van der Waals surface area contributed by atoms with Crippen LogP contribution in [0.3, 0.4) is 0 Å². The van der Waals surface area contributed by atoms with Crippen molar-refractivity contribution in [2.75, 3.05) is 32.0 Å². The Labute approximate surface area is 98.8 Å². The zero-order valence-corrected chi connectivity index (χ0v) is 10.2. The average Bonchev–Trinajstić information content (AvgIpc) is 2.16. The maximum absolute atomic E-state index is 5.62. The van der Waals surface area contributed by atoms with Crippen LogP contribution in [0.15, 0.2) is 0 Å². The van der Waals surface area contributed by atoms with Gasteiger partial charge < -0.3 is 10.2 Å². The molecule has 0 saturated carbocycles. The zero-order chi connectivity index (χ0) is 11.3. The maximum Gasteiger partial charge on any atom is 0.228 e. The molecule has 0 unspecified atom stereocenters. The van der Waals surface area contributed by atoms with Crippen molar-refractivity contribution in [2.24, 2.45) is 0 Å². The van der Waals surface area contributed by atoms with Crippen LogP contribution in [0.5, 0.6) is 0 Å². The number of rotatable bonds is 5. The summed E-state index contributed by atoms with van der Waals surface area (Å²) in [4.78, 5) is 13.6. The van der Waals surface area contributed by atoms with E-state index in [9.17, 15) is 0 Å². The third-order valence-electron chi connectivity index (χ3n) is 1.90. The first-order valence-corrected chi connectivity index (χ1v) is 5.37. The van der Waals surface area contributed by atoms with Gasteiger partial charge in [-0.1, -0.05) is 6.92 Å². The molecule has 0 aromatic carbocycles. The van der Waals surface area contributed by atoms with Gasteiger partial charge in [-0.25, -0.2) is 0 Å². The van der Waals surface area contributed by atoms with E-state index in [4.69, 9.17) is 23.2 Å². The zero-order valence-electron chi connectivity index (χ0n) is 8.67. The van der Waals surface area contributed by atoms with E-state index in [2.05, 4.69) is 32.1 Å². The highest BCUT2D eigenvalue weighted by Crippen LogP contribution is 2.08.